The molecule has 0 radical (unpaired) electrons. The molecular weight excluding hydrogens is 897 g/mol. The third-order valence-electron chi connectivity index (χ3n) is 13.2. The van der Waals surface area contributed by atoms with Crippen LogP contribution >= 0.6 is 20.1 Å². The molecule has 2 aliphatic rings. The summed E-state index contributed by atoms with van der Waals surface area (Å²) < 4.78 is 43.4. The van der Waals surface area contributed by atoms with Crippen LogP contribution in [0.3, 0.4) is 0 Å². The lowest BCUT2D eigenvalue weighted by Crippen LogP contribution is -2.31. The molecule has 0 atom stereocenters. The molecule has 2 saturated heterocycles. The zero-order valence-corrected chi connectivity index (χ0v) is 40.9. The third-order valence-corrected chi connectivity index (χ3v) is 18.6. The number of hydrogen-bond acceptors (Lipinski definition) is 11. The molecule has 2 N–H and O–H groups in total. The van der Waals surface area contributed by atoms with Crippen molar-refractivity contribution in [3.63, 3.8) is 0 Å². The number of nitrogens with zero attached hydrogens (tertiary/aromatic N) is 11. The number of hydrogen-bond donors (Lipinski definition) is 2. The predicted molar refractivity (Wildman–Crippen MR) is 267 cm³/mol. The monoisotopic (exact) mass is 953 g/mol. The SMILES string of the molecule is Cc1cc(-c2cnco2)c(F)cc1Nc1ncc2c(n1)n(C1CCS(C)(C)CC1)c(=O)n2C.Cc1cc(-c2cnn(C)c2)c(F)cc1Nc1ncc2c(n1)n(C1CCS(C)(C)CC1)c(=O)n2C. The molecule has 2 aliphatic heterocycles. The maximum absolute atomic E-state index is 14.9. The normalized spacial score (nSPS) is 17.3. The predicted octanol–water partition coefficient (Wildman–Crippen LogP) is 8.50. The molecule has 16 nitrogen and oxygen atoms in total. The van der Waals surface area contributed by atoms with E-state index in [2.05, 4.69) is 60.7 Å². The van der Waals surface area contributed by atoms with Crippen molar-refractivity contribution in [3.05, 3.63) is 105 Å². The Hall–Kier alpha value is -6.28. The second-order valence-electron chi connectivity index (χ2n) is 18.9. The van der Waals surface area contributed by atoms with Crippen LogP contribution in [0.5, 0.6) is 0 Å². The standard InChI is InChI=1S/C24H30FN7OS.C23H27FN6O2S/c1-15-10-18(16-12-27-30(2)14-16)19(25)11-20(15)28-23-26-13-21-22(29-23)32(24(33)31(21)3)17-6-8-34(4,5)9-7-17;1-14-9-16(20-12-25-13-32-20)17(24)10-18(14)27-22-26-11-19-21(28-22)30(23(31)29(19)2)15-5-7-33(3,4)8-6-15/h10-14,17H,6-9H2,1-5H3,(H,26,28,29);9-13,15H,5-8H2,1-4H3,(H,26,27,28). The second-order valence-corrected chi connectivity index (χ2v) is 27.6. The van der Waals surface area contributed by atoms with Crippen LogP contribution in [-0.2, 0) is 21.1 Å². The highest BCUT2D eigenvalue weighted by Gasteiger charge is 2.30. The molecule has 0 saturated carbocycles. The van der Waals surface area contributed by atoms with Crippen molar-refractivity contribution < 1.29 is 13.2 Å². The van der Waals surface area contributed by atoms with Gasteiger partial charge in [-0.15, -0.1) is 0 Å². The van der Waals surface area contributed by atoms with Crippen molar-refractivity contribution >= 4 is 65.7 Å². The first-order chi connectivity index (χ1) is 31.9. The van der Waals surface area contributed by atoms with Crippen LogP contribution in [0.2, 0.25) is 0 Å². The van der Waals surface area contributed by atoms with E-state index < -0.39 is 25.9 Å². The fraction of sp³-hybridized carbons (Fsp3) is 0.404. The summed E-state index contributed by atoms with van der Waals surface area (Å²) in [4.78, 5) is 48.2. The first-order valence-electron chi connectivity index (χ1n) is 22.1. The molecule has 6 aromatic heterocycles. The molecule has 354 valence electrons. The van der Waals surface area contributed by atoms with Gasteiger partial charge < -0.3 is 15.1 Å². The van der Waals surface area contributed by atoms with Gasteiger partial charge in [0, 0.05) is 61.9 Å². The molecule has 2 aromatic carbocycles. The van der Waals surface area contributed by atoms with Crippen molar-refractivity contribution in [1.82, 2.24) is 53.0 Å². The Morgan fingerprint density at radius 1 is 0.657 bits per heavy atom. The number of nitrogens with one attached hydrogen (secondary N) is 2. The average Bonchev–Trinajstić information content (AvgIpc) is 4.08. The summed E-state index contributed by atoms with van der Waals surface area (Å²) in [6.45, 7) is 3.77. The quantitative estimate of drug-likeness (QED) is 0.150. The number of imidazole rings is 2. The number of halogens is 2. The highest BCUT2D eigenvalue weighted by atomic mass is 32.3. The van der Waals surface area contributed by atoms with E-state index in [4.69, 9.17) is 9.40 Å². The topological polar surface area (TPSA) is 173 Å². The molecule has 0 unspecified atom stereocenters. The number of aryl methyl sites for hydroxylation is 5. The minimum Gasteiger partial charge on any atom is -0.443 e. The van der Waals surface area contributed by atoms with E-state index in [-0.39, 0.29) is 29.3 Å². The second kappa shape index (κ2) is 17.7. The Balaban J connectivity index is 0.000000168. The first-order valence-corrected chi connectivity index (χ1v) is 27.7. The molecule has 0 amide bonds. The zero-order valence-electron chi connectivity index (χ0n) is 39.3. The largest absolute Gasteiger partial charge is 0.443 e. The number of aromatic nitrogens is 11. The van der Waals surface area contributed by atoms with E-state index >= 15 is 0 Å². The van der Waals surface area contributed by atoms with Crippen molar-refractivity contribution in [2.75, 3.05) is 58.7 Å². The van der Waals surface area contributed by atoms with Crippen LogP contribution in [0.25, 0.3) is 44.8 Å². The number of rotatable bonds is 8. The Bertz CT molecular complexity index is 3260. The van der Waals surface area contributed by atoms with Gasteiger partial charge in [0.1, 0.15) is 22.7 Å². The Morgan fingerprint density at radius 3 is 1.55 bits per heavy atom. The molecule has 20 heteroatoms. The van der Waals surface area contributed by atoms with Crippen LogP contribution in [0.4, 0.5) is 32.1 Å². The van der Waals surface area contributed by atoms with Gasteiger partial charge in [0.2, 0.25) is 11.9 Å². The number of fused-ring (bicyclic) bond motifs is 2. The van der Waals surface area contributed by atoms with Gasteiger partial charge in [0.25, 0.3) is 0 Å². The first kappa shape index (κ1) is 45.9. The van der Waals surface area contributed by atoms with Gasteiger partial charge in [-0.05, 0) is 123 Å². The Kier molecular flexibility index (Phi) is 12.1. The number of oxazole rings is 1. The molecule has 0 aliphatic carbocycles. The van der Waals surface area contributed by atoms with Crippen LogP contribution in [-0.4, -0.2) is 101 Å². The summed E-state index contributed by atoms with van der Waals surface area (Å²) in [6, 6.07) is 6.60. The lowest BCUT2D eigenvalue weighted by Gasteiger charge is -2.39. The van der Waals surface area contributed by atoms with Gasteiger partial charge in [-0.1, -0.05) is 0 Å². The molecule has 0 bridgehead atoms. The number of benzene rings is 2. The van der Waals surface area contributed by atoms with E-state index in [1.54, 1.807) is 71.9 Å². The van der Waals surface area contributed by atoms with Gasteiger partial charge in [-0.2, -0.15) is 15.1 Å². The minimum absolute atomic E-state index is 0.0656. The van der Waals surface area contributed by atoms with E-state index in [1.807, 2.05) is 23.0 Å². The van der Waals surface area contributed by atoms with E-state index in [9.17, 15) is 18.4 Å². The van der Waals surface area contributed by atoms with Crippen LogP contribution in [0.15, 0.2) is 75.6 Å². The molecule has 8 heterocycles. The smallest absolute Gasteiger partial charge is 0.330 e. The zero-order chi connectivity index (χ0) is 47.5. The molecular formula is C47H57F2N13O3S2. The van der Waals surface area contributed by atoms with Crippen molar-refractivity contribution in [2.24, 2.45) is 21.1 Å². The van der Waals surface area contributed by atoms with Crippen molar-refractivity contribution in [3.8, 4) is 22.5 Å². The molecule has 2 fully saturated rings. The van der Waals surface area contributed by atoms with E-state index in [1.165, 1.54) is 24.7 Å². The van der Waals surface area contributed by atoms with Gasteiger partial charge in [0.05, 0.1) is 30.4 Å². The highest BCUT2D eigenvalue weighted by molar-refractivity contribution is 8.33. The van der Waals surface area contributed by atoms with Crippen LogP contribution < -0.4 is 22.0 Å². The van der Waals surface area contributed by atoms with Crippen LogP contribution in [0.1, 0.15) is 48.9 Å². The number of anilines is 4. The molecule has 8 aromatic rings. The fourth-order valence-electron chi connectivity index (χ4n) is 9.07. The lowest BCUT2D eigenvalue weighted by molar-refractivity contribution is 0.458. The highest BCUT2D eigenvalue weighted by Crippen LogP contribution is 2.49. The van der Waals surface area contributed by atoms with Gasteiger partial charge in [-0.3, -0.25) is 23.0 Å². The summed E-state index contributed by atoms with van der Waals surface area (Å²) in [5.74, 6) is 4.82. The molecule has 0 spiro atoms. The fourth-order valence-corrected chi connectivity index (χ4v) is 13.1. The van der Waals surface area contributed by atoms with Crippen LogP contribution in [0, 0.1) is 25.5 Å². The maximum atomic E-state index is 14.9. The Morgan fingerprint density at radius 2 is 1.12 bits per heavy atom. The average molecular weight is 954 g/mol. The summed E-state index contributed by atoms with van der Waals surface area (Å²) in [6.07, 6.45) is 22.8. The molecule has 67 heavy (non-hydrogen) atoms. The summed E-state index contributed by atoms with van der Waals surface area (Å²) in [5.41, 5.74) is 6.80. The van der Waals surface area contributed by atoms with Crippen molar-refractivity contribution in [2.45, 2.75) is 51.6 Å². The minimum atomic E-state index is -0.574. The van der Waals surface area contributed by atoms with Gasteiger partial charge >= 0.3 is 11.4 Å². The molecule has 10 rings (SSSR count). The van der Waals surface area contributed by atoms with Gasteiger partial charge in [0.15, 0.2) is 23.4 Å². The van der Waals surface area contributed by atoms with E-state index in [0.29, 0.717) is 62.5 Å². The lowest BCUT2D eigenvalue weighted by atomic mass is 10.0. The van der Waals surface area contributed by atoms with E-state index in [0.717, 1.165) is 65.4 Å². The van der Waals surface area contributed by atoms with Gasteiger partial charge in [-0.25, -0.2) is 53.4 Å². The summed E-state index contributed by atoms with van der Waals surface area (Å²) in [7, 11) is 4.16. The summed E-state index contributed by atoms with van der Waals surface area (Å²) >= 11 is 0. The maximum Gasteiger partial charge on any atom is 0.330 e. The Labute approximate surface area is 389 Å². The van der Waals surface area contributed by atoms with Crippen molar-refractivity contribution in [1.29, 1.82) is 0 Å². The summed E-state index contributed by atoms with van der Waals surface area (Å²) in [5, 5.41) is 10.4. The third kappa shape index (κ3) is 9.12.